The first-order valence-electron chi connectivity index (χ1n) is 5.88. The van der Waals surface area contributed by atoms with Crippen LogP contribution in [-0.2, 0) is 4.79 Å². The third-order valence-electron chi connectivity index (χ3n) is 2.86. The van der Waals surface area contributed by atoms with Gasteiger partial charge in [0.1, 0.15) is 0 Å². The summed E-state index contributed by atoms with van der Waals surface area (Å²) in [5.74, 6) is 1.34. The second-order valence-corrected chi connectivity index (χ2v) is 4.94. The molecule has 0 aromatic heterocycles. The van der Waals surface area contributed by atoms with Crippen LogP contribution in [0.4, 0.5) is 5.69 Å². The molecule has 0 aliphatic carbocycles. The molecular weight excluding hydrogens is 232 g/mol. The lowest BCUT2D eigenvalue weighted by Crippen LogP contribution is -2.38. The fraction of sp³-hybridized carbons (Fsp3) is 0.462. The second-order valence-electron chi connectivity index (χ2n) is 4.94. The zero-order valence-corrected chi connectivity index (χ0v) is 10.9. The molecule has 18 heavy (non-hydrogen) atoms. The van der Waals surface area contributed by atoms with Crippen LogP contribution in [0.25, 0.3) is 0 Å². The van der Waals surface area contributed by atoms with E-state index in [0.717, 1.165) is 0 Å². The summed E-state index contributed by atoms with van der Waals surface area (Å²) in [6.45, 7) is 4.64. The van der Waals surface area contributed by atoms with Gasteiger partial charge in [-0.1, -0.05) is 0 Å². The van der Waals surface area contributed by atoms with E-state index in [1.807, 2.05) is 20.9 Å². The Kier molecular flexibility index (Phi) is 3.43. The summed E-state index contributed by atoms with van der Waals surface area (Å²) in [4.78, 5) is 12.1. The summed E-state index contributed by atoms with van der Waals surface area (Å²) in [6, 6.07) is 5.37. The molecule has 1 aromatic rings. The smallest absolute Gasteiger partial charge is 0.231 e. The largest absolute Gasteiger partial charge is 0.454 e. The van der Waals surface area contributed by atoms with Gasteiger partial charge in [0.25, 0.3) is 0 Å². The first-order valence-corrected chi connectivity index (χ1v) is 5.88. The molecule has 2 N–H and O–H groups in total. The van der Waals surface area contributed by atoms with Gasteiger partial charge < -0.3 is 20.1 Å². The van der Waals surface area contributed by atoms with Crippen molar-refractivity contribution in [2.75, 3.05) is 25.7 Å². The molecule has 98 valence electrons. The van der Waals surface area contributed by atoms with E-state index in [4.69, 9.17) is 9.47 Å². The number of rotatable bonds is 4. The van der Waals surface area contributed by atoms with E-state index >= 15 is 0 Å². The Morgan fingerprint density at radius 3 is 2.78 bits per heavy atom. The zero-order valence-electron chi connectivity index (χ0n) is 10.9. The standard InChI is InChI=1S/C13H18N2O3/c1-13(2,7-14-3)12(16)15-9-4-5-10-11(6-9)18-8-17-10/h4-6,14H,7-8H2,1-3H3,(H,15,16). The molecule has 2 rings (SSSR count). The van der Waals surface area contributed by atoms with Crippen LogP contribution in [0.1, 0.15) is 13.8 Å². The maximum atomic E-state index is 12.1. The van der Waals surface area contributed by atoms with E-state index in [-0.39, 0.29) is 12.7 Å². The van der Waals surface area contributed by atoms with Crippen LogP contribution in [0.2, 0.25) is 0 Å². The number of carbonyl (C=O) groups excluding carboxylic acids is 1. The molecule has 1 aliphatic heterocycles. The molecule has 0 fully saturated rings. The van der Waals surface area contributed by atoms with Gasteiger partial charge in [-0.25, -0.2) is 0 Å². The summed E-state index contributed by atoms with van der Waals surface area (Å²) in [7, 11) is 1.83. The molecule has 1 amide bonds. The third kappa shape index (κ3) is 2.56. The van der Waals surface area contributed by atoms with Crippen LogP contribution in [0.3, 0.4) is 0 Å². The molecular formula is C13H18N2O3. The summed E-state index contributed by atoms with van der Waals surface area (Å²) in [6.07, 6.45) is 0. The van der Waals surface area contributed by atoms with Crippen molar-refractivity contribution >= 4 is 11.6 Å². The maximum absolute atomic E-state index is 12.1. The van der Waals surface area contributed by atoms with E-state index in [1.54, 1.807) is 18.2 Å². The molecule has 0 saturated carbocycles. The minimum atomic E-state index is -0.467. The highest BCUT2D eigenvalue weighted by molar-refractivity contribution is 5.95. The molecule has 0 unspecified atom stereocenters. The summed E-state index contributed by atoms with van der Waals surface area (Å²) >= 11 is 0. The number of anilines is 1. The highest BCUT2D eigenvalue weighted by atomic mass is 16.7. The van der Waals surface area contributed by atoms with Crippen molar-refractivity contribution in [1.29, 1.82) is 0 Å². The van der Waals surface area contributed by atoms with Crippen LogP contribution in [0.5, 0.6) is 11.5 Å². The predicted molar refractivity (Wildman–Crippen MR) is 68.9 cm³/mol. The molecule has 0 radical (unpaired) electrons. The SMILES string of the molecule is CNCC(C)(C)C(=O)Nc1ccc2c(c1)OCO2. The number of benzene rings is 1. The maximum Gasteiger partial charge on any atom is 0.231 e. The molecule has 1 aliphatic rings. The average Bonchev–Trinajstić information content (AvgIpc) is 2.76. The lowest BCUT2D eigenvalue weighted by Gasteiger charge is -2.23. The van der Waals surface area contributed by atoms with Crippen LogP contribution < -0.4 is 20.1 Å². The van der Waals surface area contributed by atoms with Gasteiger partial charge in [-0.15, -0.1) is 0 Å². The Balaban J connectivity index is 2.08. The Labute approximate surface area is 106 Å². The Morgan fingerprint density at radius 1 is 1.33 bits per heavy atom. The van der Waals surface area contributed by atoms with E-state index < -0.39 is 5.41 Å². The molecule has 1 heterocycles. The van der Waals surface area contributed by atoms with E-state index in [0.29, 0.717) is 23.7 Å². The van der Waals surface area contributed by atoms with Crippen molar-refractivity contribution in [3.05, 3.63) is 18.2 Å². The van der Waals surface area contributed by atoms with Gasteiger partial charge in [0.2, 0.25) is 12.7 Å². The topological polar surface area (TPSA) is 59.6 Å². The van der Waals surface area contributed by atoms with Crippen molar-refractivity contribution < 1.29 is 14.3 Å². The predicted octanol–water partition coefficient (Wildman–Crippen LogP) is 1.60. The van der Waals surface area contributed by atoms with Gasteiger partial charge in [0.15, 0.2) is 11.5 Å². The zero-order chi connectivity index (χ0) is 13.2. The van der Waals surface area contributed by atoms with Crippen molar-refractivity contribution in [2.45, 2.75) is 13.8 Å². The van der Waals surface area contributed by atoms with Crippen LogP contribution in [0, 0.1) is 5.41 Å². The number of fused-ring (bicyclic) bond motifs is 1. The third-order valence-corrected chi connectivity index (χ3v) is 2.86. The van der Waals surface area contributed by atoms with Gasteiger partial charge in [-0.2, -0.15) is 0 Å². The van der Waals surface area contributed by atoms with Crippen LogP contribution in [0.15, 0.2) is 18.2 Å². The number of carbonyl (C=O) groups is 1. The number of hydrogen-bond donors (Lipinski definition) is 2. The van der Waals surface area contributed by atoms with Crippen LogP contribution in [-0.4, -0.2) is 26.3 Å². The van der Waals surface area contributed by atoms with Gasteiger partial charge >= 0.3 is 0 Å². The quantitative estimate of drug-likeness (QED) is 0.852. The average molecular weight is 250 g/mol. The van der Waals surface area contributed by atoms with Gasteiger partial charge in [-0.3, -0.25) is 4.79 Å². The highest BCUT2D eigenvalue weighted by Crippen LogP contribution is 2.34. The monoisotopic (exact) mass is 250 g/mol. The molecule has 5 nitrogen and oxygen atoms in total. The first-order chi connectivity index (χ1) is 8.53. The minimum Gasteiger partial charge on any atom is -0.454 e. The van der Waals surface area contributed by atoms with Gasteiger partial charge in [-0.05, 0) is 33.0 Å². The summed E-state index contributed by atoms with van der Waals surface area (Å²) in [5.41, 5.74) is 0.249. The van der Waals surface area contributed by atoms with E-state index in [9.17, 15) is 4.79 Å². The summed E-state index contributed by atoms with van der Waals surface area (Å²) in [5, 5.41) is 5.89. The van der Waals surface area contributed by atoms with Crippen LogP contribution >= 0.6 is 0 Å². The molecule has 0 spiro atoms. The molecule has 0 atom stereocenters. The number of amides is 1. The minimum absolute atomic E-state index is 0.0317. The fourth-order valence-electron chi connectivity index (χ4n) is 1.80. The van der Waals surface area contributed by atoms with Crippen molar-refractivity contribution in [3.63, 3.8) is 0 Å². The lowest BCUT2D eigenvalue weighted by molar-refractivity contribution is -0.123. The molecule has 0 saturated heterocycles. The van der Waals surface area contributed by atoms with E-state index in [2.05, 4.69) is 10.6 Å². The normalized spacial score (nSPS) is 13.5. The lowest BCUT2D eigenvalue weighted by atomic mass is 9.92. The number of nitrogens with one attached hydrogen (secondary N) is 2. The summed E-state index contributed by atoms with van der Waals surface area (Å²) < 4.78 is 10.5. The highest BCUT2D eigenvalue weighted by Gasteiger charge is 2.27. The first kappa shape index (κ1) is 12.7. The van der Waals surface area contributed by atoms with Gasteiger partial charge in [0, 0.05) is 18.3 Å². The van der Waals surface area contributed by atoms with Crippen molar-refractivity contribution in [2.24, 2.45) is 5.41 Å². The molecule has 5 heteroatoms. The number of hydrogen-bond acceptors (Lipinski definition) is 4. The fourth-order valence-corrected chi connectivity index (χ4v) is 1.80. The molecule has 1 aromatic carbocycles. The van der Waals surface area contributed by atoms with Crippen molar-refractivity contribution in [1.82, 2.24) is 5.32 Å². The Hall–Kier alpha value is -1.75. The van der Waals surface area contributed by atoms with Crippen molar-refractivity contribution in [3.8, 4) is 11.5 Å². The van der Waals surface area contributed by atoms with Gasteiger partial charge in [0.05, 0.1) is 5.41 Å². The molecule has 0 bridgehead atoms. The number of ether oxygens (including phenoxy) is 2. The second kappa shape index (κ2) is 4.86. The Bertz CT molecular complexity index is 458. The Morgan fingerprint density at radius 2 is 2.06 bits per heavy atom. The van der Waals surface area contributed by atoms with E-state index in [1.165, 1.54) is 0 Å².